The number of hydrogen-bond donors (Lipinski definition) is 1. The van der Waals surface area contributed by atoms with Crippen LogP contribution in [0, 0.1) is 5.92 Å². The van der Waals surface area contributed by atoms with Crippen LogP contribution in [0.4, 0.5) is 18.3 Å². The van der Waals surface area contributed by atoms with Gasteiger partial charge in [-0.2, -0.15) is 13.2 Å². The highest BCUT2D eigenvalue weighted by Crippen LogP contribution is 2.35. The monoisotopic (exact) mass is 507 g/mol. The molecule has 9 heteroatoms. The van der Waals surface area contributed by atoms with Crippen LogP contribution in [0.2, 0.25) is 5.02 Å². The second kappa shape index (κ2) is 10.5. The van der Waals surface area contributed by atoms with Crippen LogP contribution < -0.4 is 5.32 Å². The van der Waals surface area contributed by atoms with Gasteiger partial charge in [-0.05, 0) is 73.3 Å². The SMILES string of the molecule is CC1CCN(Cc2ccc(C(=O)Nc3ncc(Cc4cc(Cl)ccc4C(F)(F)F)s3)cc2)CC1. The molecule has 0 bridgehead atoms. The Hall–Kier alpha value is -2.42. The third-order valence-electron chi connectivity index (χ3n) is 6.01. The van der Waals surface area contributed by atoms with Crippen molar-refractivity contribution in [2.24, 2.45) is 5.92 Å². The number of amides is 1. The minimum absolute atomic E-state index is 0.0207. The maximum absolute atomic E-state index is 13.3. The molecule has 3 aromatic rings. The molecule has 1 aliphatic heterocycles. The molecular weight excluding hydrogens is 483 g/mol. The first-order chi connectivity index (χ1) is 16.2. The molecule has 4 rings (SSSR count). The van der Waals surface area contributed by atoms with Crippen LogP contribution in [0.3, 0.4) is 0 Å². The van der Waals surface area contributed by atoms with E-state index in [0.717, 1.165) is 48.5 Å². The number of aromatic nitrogens is 1. The summed E-state index contributed by atoms with van der Waals surface area (Å²) >= 11 is 7.05. The van der Waals surface area contributed by atoms with Crippen molar-refractivity contribution in [1.29, 1.82) is 0 Å². The molecule has 2 aromatic carbocycles. The Morgan fingerprint density at radius 3 is 2.56 bits per heavy atom. The van der Waals surface area contributed by atoms with Crippen LogP contribution in [0.5, 0.6) is 0 Å². The Labute approximate surface area is 205 Å². The van der Waals surface area contributed by atoms with E-state index in [9.17, 15) is 18.0 Å². The molecular formula is C25H25ClF3N3OS. The summed E-state index contributed by atoms with van der Waals surface area (Å²) in [7, 11) is 0. The molecule has 1 aromatic heterocycles. The lowest BCUT2D eigenvalue weighted by Crippen LogP contribution is -2.32. The number of hydrogen-bond acceptors (Lipinski definition) is 4. The van der Waals surface area contributed by atoms with Gasteiger partial charge in [-0.25, -0.2) is 4.98 Å². The first-order valence-corrected chi connectivity index (χ1v) is 12.3. The fourth-order valence-electron chi connectivity index (χ4n) is 4.03. The van der Waals surface area contributed by atoms with Gasteiger partial charge in [-0.1, -0.05) is 30.7 Å². The molecule has 1 N–H and O–H groups in total. The Kier molecular flexibility index (Phi) is 7.60. The quantitative estimate of drug-likeness (QED) is 0.395. The largest absolute Gasteiger partial charge is 0.416 e. The Morgan fingerprint density at radius 2 is 1.88 bits per heavy atom. The molecule has 4 nitrogen and oxygen atoms in total. The Balaban J connectivity index is 1.37. The van der Waals surface area contributed by atoms with Gasteiger partial charge < -0.3 is 0 Å². The first kappa shape index (κ1) is 24.7. The number of carbonyl (C=O) groups excluding carboxylic acids is 1. The molecule has 0 spiro atoms. The van der Waals surface area contributed by atoms with Gasteiger partial charge in [0.15, 0.2) is 5.13 Å². The third-order valence-corrected chi connectivity index (χ3v) is 7.16. The second-order valence-corrected chi connectivity index (χ2v) is 10.3. The summed E-state index contributed by atoms with van der Waals surface area (Å²) in [6.45, 7) is 5.34. The van der Waals surface area contributed by atoms with E-state index in [1.54, 1.807) is 12.1 Å². The molecule has 1 fully saturated rings. The lowest BCUT2D eigenvalue weighted by molar-refractivity contribution is -0.138. The summed E-state index contributed by atoms with van der Waals surface area (Å²) in [5, 5.41) is 3.31. The minimum atomic E-state index is -4.47. The fraction of sp³-hybridized carbons (Fsp3) is 0.360. The molecule has 0 saturated carbocycles. The lowest BCUT2D eigenvalue weighted by Gasteiger charge is -2.30. The highest BCUT2D eigenvalue weighted by atomic mass is 35.5. The number of nitrogens with one attached hydrogen (secondary N) is 1. The predicted octanol–water partition coefficient (Wildman–Crippen LogP) is 6.89. The maximum Gasteiger partial charge on any atom is 0.416 e. The Morgan fingerprint density at radius 1 is 1.18 bits per heavy atom. The zero-order valence-electron chi connectivity index (χ0n) is 18.7. The summed E-state index contributed by atoms with van der Waals surface area (Å²) in [5.41, 5.74) is 1.00. The zero-order chi connectivity index (χ0) is 24.3. The number of alkyl halides is 3. The number of likely N-dealkylation sites (tertiary alicyclic amines) is 1. The molecule has 1 aliphatic rings. The molecule has 1 saturated heterocycles. The minimum Gasteiger partial charge on any atom is -0.299 e. The summed E-state index contributed by atoms with van der Waals surface area (Å²) in [5.74, 6) is 0.476. The number of benzene rings is 2. The van der Waals surface area contributed by atoms with Crippen molar-refractivity contribution in [3.8, 4) is 0 Å². The third kappa shape index (κ3) is 6.37. The Bertz CT molecular complexity index is 1140. The highest BCUT2D eigenvalue weighted by molar-refractivity contribution is 7.15. The van der Waals surface area contributed by atoms with Gasteiger partial charge in [0.05, 0.1) is 5.56 Å². The van der Waals surface area contributed by atoms with Gasteiger partial charge in [0, 0.05) is 34.6 Å². The van der Waals surface area contributed by atoms with Crippen LogP contribution in [0.15, 0.2) is 48.7 Å². The van der Waals surface area contributed by atoms with Crippen molar-refractivity contribution >= 4 is 34.0 Å². The van der Waals surface area contributed by atoms with Gasteiger partial charge in [0.25, 0.3) is 5.91 Å². The smallest absolute Gasteiger partial charge is 0.299 e. The maximum atomic E-state index is 13.3. The van der Waals surface area contributed by atoms with Crippen molar-refractivity contribution in [2.45, 2.75) is 38.9 Å². The number of rotatable bonds is 6. The van der Waals surface area contributed by atoms with Gasteiger partial charge >= 0.3 is 6.18 Å². The van der Waals surface area contributed by atoms with E-state index in [1.807, 2.05) is 12.1 Å². The van der Waals surface area contributed by atoms with E-state index in [4.69, 9.17) is 11.6 Å². The molecule has 0 aliphatic carbocycles. The molecule has 0 atom stereocenters. The van der Waals surface area contributed by atoms with Crippen LogP contribution in [0.25, 0.3) is 0 Å². The second-order valence-electron chi connectivity index (χ2n) is 8.72. The lowest BCUT2D eigenvalue weighted by atomic mass is 9.99. The van der Waals surface area contributed by atoms with Crippen molar-refractivity contribution in [1.82, 2.24) is 9.88 Å². The van der Waals surface area contributed by atoms with Crippen molar-refractivity contribution in [3.63, 3.8) is 0 Å². The normalized spacial score (nSPS) is 15.4. The number of anilines is 1. The van der Waals surface area contributed by atoms with Crippen LogP contribution in [-0.2, 0) is 19.1 Å². The van der Waals surface area contributed by atoms with E-state index in [2.05, 4.69) is 22.1 Å². The van der Waals surface area contributed by atoms with Crippen LogP contribution in [0.1, 0.15) is 51.7 Å². The highest BCUT2D eigenvalue weighted by Gasteiger charge is 2.33. The number of piperidine rings is 1. The summed E-state index contributed by atoms with van der Waals surface area (Å²) in [6, 6.07) is 11.0. The molecule has 180 valence electrons. The van der Waals surface area contributed by atoms with Gasteiger partial charge in [0.1, 0.15) is 0 Å². The molecule has 1 amide bonds. The molecule has 2 heterocycles. The van der Waals surface area contributed by atoms with E-state index >= 15 is 0 Å². The van der Waals surface area contributed by atoms with Crippen molar-refractivity contribution in [2.75, 3.05) is 18.4 Å². The number of nitrogens with zero attached hydrogens (tertiary/aromatic N) is 2. The summed E-state index contributed by atoms with van der Waals surface area (Å²) < 4.78 is 39.9. The average molecular weight is 508 g/mol. The van der Waals surface area contributed by atoms with E-state index in [-0.39, 0.29) is 22.9 Å². The van der Waals surface area contributed by atoms with E-state index < -0.39 is 11.7 Å². The standard InChI is InChI=1S/C25H25ClF3N3OS/c1-16-8-10-32(11-9-16)15-17-2-4-18(5-3-17)23(33)31-24-30-14-21(34-24)13-19-12-20(26)6-7-22(19)25(27,28)29/h2-7,12,14,16H,8-11,13,15H2,1H3,(H,30,31,33). The summed E-state index contributed by atoms with van der Waals surface area (Å²) in [6.07, 6.45) is -0.548. The fourth-order valence-corrected chi connectivity index (χ4v) is 5.05. The van der Waals surface area contributed by atoms with Crippen LogP contribution in [-0.4, -0.2) is 28.9 Å². The van der Waals surface area contributed by atoms with Gasteiger partial charge in [0.2, 0.25) is 0 Å². The van der Waals surface area contributed by atoms with Crippen molar-refractivity contribution < 1.29 is 18.0 Å². The van der Waals surface area contributed by atoms with Crippen LogP contribution >= 0.6 is 22.9 Å². The van der Waals surface area contributed by atoms with E-state index in [0.29, 0.717) is 15.6 Å². The van der Waals surface area contributed by atoms with Gasteiger partial charge in [-0.3, -0.25) is 15.0 Å². The average Bonchev–Trinajstić information content (AvgIpc) is 3.21. The number of carbonyl (C=O) groups is 1. The number of thiazole rings is 1. The molecule has 0 radical (unpaired) electrons. The molecule has 0 unspecified atom stereocenters. The van der Waals surface area contributed by atoms with E-state index in [1.165, 1.54) is 31.2 Å². The topological polar surface area (TPSA) is 45.2 Å². The predicted molar refractivity (Wildman–Crippen MR) is 129 cm³/mol. The first-order valence-electron chi connectivity index (χ1n) is 11.1. The van der Waals surface area contributed by atoms with Gasteiger partial charge in [-0.15, -0.1) is 11.3 Å². The molecule has 34 heavy (non-hydrogen) atoms. The summed E-state index contributed by atoms with van der Waals surface area (Å²) in [4.78, 5) is 19.8. The zero-order valence-corrected chi connectivity index (χ0v) is 20.2. The number of halogens is 4. The van der Waals surface area contributed by atoms with Crippen molar-refractivity contribution in [3.05, 3.63) is 80.8 Å².